The monoisotopic (exact) mass is 288 g/mol. The van der Waals surface area contributed by atoms with Gasteiger partial charge in [0.25, 0.3) is 0 Å². The van der Waals surface area contributed by atoms with E-state index in [9.17, 15) is 0 Å². The van der Waals surface area contributed by atoms with Gasteiger partial charge in [0, 0.05) is 23.3 Å². The van der Waals surface area contributed by atoms with Gasteiger partial charge in [0.15, 0.2) is 0 Å². The summed E-state index contributed by atoms with van der Waals surface area (Å²) in [6.07, 6.45) is 0. The van der Waals surface area contributed by atoms with Crippen molar-refractivity contribution in [3.8, 4) is 11.5 Å². The van der Waals surface area contributed by atoms with E-state index in [4.69, 9.17) is 14.5 Å². The van der Waals surface area contributed by atoms with Gasteiger partial charge in [-0.25, -0.2) is 4.98 Å². The lowest BCUT2D eigenvalue weighted by molar-refractivity contribution is 0.409. The molecule has 0 atom stereocenters. The summed E-state index contributed by atoms with van der Waals surface area (Å²) >= 11 is 0. The Balaban J connectivity index is 2.86. The largest absolute Gasteiger partial charge is 0.496 e. The maximum absolute atomic E-state index is 5.50. The number of benzene rings is 1. The van der Waals surface area contributed by atoms with Gasteiger partial charge in [-0.05, 0) is 25.1 Å². The molecule has 1 aromatic heterocycles. The van der Waals surface area contributed by atoms with Crippen LogP contribution in [0.25, 0.3) is 10.9 Å². The van der Waals surface area contributed by atoms with E-state index in [1.807, 2.05) is 12.1 Å². The maximum Gasteiger partial charge on any atom is 0.145 e. The van der Waals surface area contributed by atoms with E-state index in [0.29, 0.717) is 0 Å². The fraction of sp³-hybridized carbons (Fsp3) is 0.471. The van der Waals surface area contributed by atoms with Gasteiger partial charge in [0.05, 0.1) is 19.6 Å². The van der Waals surface area contributed by atoms with Crippen LogP contribution in [0.5, 0.6) is 11.5 Å². The smallest absolute Gasteiger partial charge is 0.145 e. The highest BCUT2D eigenvalue weighted by molar-refractivity contribution is 6.00. The molecule has 114 valence electrons. The highest BCUT2D eigenvalue weighted by Gasteiger charge is 2.21. The lowest BCUT2D eigenvalue weighted by Crippen LogP contribution is -2.15. The molecule has 1 heterocycles. The van der Waals surface area contributed by atoms with Crippen molar-refractivity contribution in [1.29, 1.82) is 0 Å². The Morgan fingerprint density at radius 1 is 1.10 bits per heavy atom. The summed E-state index contributed by atoms with van der Waals surface area (Å²) in [5.41, 5.74) is 2.85. The summed E-state index contributed by atoms with van der Waals surface area (Å²) in [7, 11) is 3.34. The van der Waals surface area contributed by atoms with Crippen molar-refractivity contribution in [3.05, 3.63) is 23.9 Å². The highest BCUT2D eigenvalue weighted by atomic mass is 16.5. The minimum atomic E-state index is -0.0353. The summed E-state index contributed by atoms with van der Waals surface area (Å²) in [5.74, 6) is 1.56. The molecule has 2 rings (SSSR count). The molecule has 0 saturated carbocycles. The van der Waals surface area contributed by atoms with Crippen LogP contribution >= 0.6 is 0 Å². The topological polar surface area (TPSA) is 43.4 Å². The zero-order chi connectivity index (χ0) is 15.6. The van der Waals surface area contributed by atoms with Crippen molar-refractivity contribution < 1.29 is 9.47 Å². The van der Waals surface area contributed by atoms with Crippen molar-refractivity contribution in [1.82, 2.24) is 4.98 Å². The van der Waals surface area contributed by atoms with Crippen molar-refractivity contribution in [3.63, 3.8) is 0 Å². The van der Waals surface area contributed by atoms with Crippen LogP contribution in [-0.2, 0) is 5.41 Å². The van der Waals surface area contributed by atoms with Crippen molar-refractivity contribution in [2.45, 2.75) is 33.1 Å². The number of rotatable bonds is 4. The van der Waals surface area contributed by atoms with Crippen LogP contribution in [0.15, 0.2) is 18.2 Å². The van der Waals surface area contributed by atoms with E-state index < -0.39 is 0 Å². The molecule has 1 aromatic carbocycles. The minimum absolute atomic E-state index is 0.0353. The first-order chi connectivity index (χ1) is 9.92. The fourth-order valence-corrected chi connectivity index (χ4v) is 2.34. The lowest BCUT2D eigenvalue weighted by atomic mass is 9.90. The standard InChI is InChI=1S/C17H24N2O2/c1-7-18-11-10-14(17(2,3)4)19-16-13(21-6)9-8-12(20-5)15(11)16/h8-10H,7H2,1-6H3,(H,18,19). The Kier molecular flexibility index (Phi) is 4.26. The number of ether oxygens (including phenoxy) is 2. The molecule has 0 saturated heterocycles. The molecule has 0 aliphatic carbocycles. The number of aromatic nitrogens is 1. The molecule has 4 nitrogen and oxygen atoms in total. The third kappa shape index (κ3) is 2.89. The van der Waals surface area contributed by atoms with Gasteiger partial charge >= 0.3 is 0 Å². The predicted molar refractivity (Wildman–Crippen MR) is 87.7 cm³/mol. The molecule has 0 radical (unpaired) electrons. The minimum Gasteiger partial charge on any atom is -0.496 e. The fourth-order valence-electron chi connectivity index (χ4n) is 2.34. The number of methoxy groups -OCH3 is 2. The first-order valence-corrected chi connectivity index (χ1v) is 7.22. The Bertz CT molecular complexity index is 645. The zero-order valence-electron chi connectivity index (χ0n) is 13.7. The van der Waals surface area contributed by atoms with Crippen molar-refractivity contribution in [2.24, 2.45) is 0 Å². The molecule has 4 heteroatoms. The average molecular weight is 288 g/mol. The van der Waals surface area contributed by atoms with Gasteiger partial charge in [0.2, 0.25) is 0 Å². The van der Waals surface area contributed by atoms with Gasteiger partial charge < -0.3 is 14.8 Å². The molecule has 0 aliphatic heterocycles. The Morgan fingerprint density at radius 3 is 2.24 bits per heavy atom. The molecule has 0 unspecified atom stereocenters. The van der Waals surface area contributed by atoms with Crippen LogP contribution in [0.1, 0.15) is 33.4 Å². The average Bonchev–Trinajstić information content (AvgIpc) is 2.45. The van der Waals surface area contributed by atoms with E-state index in [-0.39, 0.29) is 5.41 Å². The number of anilines is 1. The van der Waals surface area contributed by atoms with Gasteiger partial charge in [-0.15, -0.1) is 0 Å². The molecule has 1 N–H and O–H groups in total. The van der Waals surface area contributed by atoms with E-state index in [2.05, 4.69) is 39.1 Å². The predicted octanol–water partition coefficient (Wildman–Crippen LogP) is 3.98. The quantitative estimate of drug-likeness (QED) is 0.924. The zero-order valence-corrected chi connectivity index (χ0v) is 13.7. The van der Waals surface area contributed by atoms with Crippen LogP contribution in [0.3, 0.4) is 0 Å². The molecule has 0 spiro atoms. The summed E-state index contributed by atoms with van der Waals surface area (Å²) in [6.45, 7) is 9.38. The third-order valence-electron chi connectivity index (χ3n) is 3.46. The molecule has 0 bridgehead atoms. The summed E-state index contributed by atoms with van der Waals surface area (Å²) in [5, 5.41) is 4.38. The van der Waals surface area contributed by atoms with Gasteiger partial charge in [-0.2, -0.15) is 0 Å². The molecule has 0 fully saturated rings. The van der Waals surface area contributed by atoms with Crippen molar-refractivity contribution in [2.75, 3.05) is 26.1 Å². The van der Waals surface area contributed by atoms with Crippen LogP contribution in [0.2, 0.25) is 0 Å². The van der Waals surface area contributed by atoms with Crippen LogP contribution in [0, 0.1) is 0 Å². The molecular weight excluding hydrogens is 264 g/mol. The maximum atomic E-state index is 5.50. The van der Waals surface area contributed by atoms with Crippen LogP contribution in [-0.4, -0.2) is 25.7 Å². The summed E-state index contributed by atoms with van der Waals surface area (Å²) in [4.78, 5) is 4.82. The second-order valence-corrected chi connectivity index (χ2v) is 6.03. The summed E-state index contributed by atoms with van der Waals surface area (Å²) < 4.78 is 11.0. The van der Waals surface area contributed by atoms with Gasteiger partial charge in [-0.3, -0.25) is 0 Å². The Labute approximate surface area is 126 Å². The first-order valence-electron chi connectivity index (χ1n) is 7.22. The molecule has 2 aromatic rings. The second kappa shape index (κ2) is 5.80. The molecule has 0 amide bonds. The normalized spacial score (nSPS) is 11.5. The number of pyridine rings is 1. The molecule has 21 heavy (non-hydrogen) atoms. The molecular formula is C17H24N2O2. The lowest BCUT2D eigenvalue weighted by Gasteiger charge is -2.22. The first kappa shape index (κ1) is 15.4. The van der Waals surface area contributed by atoms with Crippen LogP contribution < -0.4 is 14.8 Å². The number of fused-ring (bicyclic) bond motifs is 1. The van der Waals surface area contributed by atoms with Gasteiger partial charge in [-0.1, -0.05) is 20.8 Å². The highest BCUT2D eigenvalue weighted by Crippen LogP contribution is 2.39. The van der Waals surface area contributed by atoms with E-state index in [1.54, 1.807) is 14.2 Å². The SMILES string of the molecule is CCNc1cc(C(C)(C)C)nc2c(OC)ccc(OC)c12. The van der Waals surface area contributed by atoms with E-state index in [0.717, 1.165) is 40.3 Å². The third-order valence-corrected chi connectivity index (χ3v) is 3.46. The van der Waals surface area contributed by atoms with E-state index in [1.165, 1.54) is 0 Å². The molecule has 0 aliphatic rings. The Morgan fingerprint density at radius 2 is 1.71 bits per heavy atom. The number of nitrogens with one attached hydrogen (secondary N) is 1. The summed E-state index contributed by atoms with van der Waals surface area (Å²) in [6, 6.07) is 5.92. The second-order valence-electron chi connectivity index (χ2n) is 6.03. The number of hydrogen-bond acceptors (Lipinski definition) is 4. The number of hydrogen-bond donors (Lipinski definition) is 1. The van der Waals surface area contributed by atoms with E-state index >= 15 is 0 Å². The number of nitrogens with zero attached hydrogens (tertiary/aromatic N) is 1. The van der Waals surface area contributed by atoms with Crippen molar-refractivity contribution >= 4 is 16.6 Å². The van der Waals surface area contributed by atoms with Gasteiger partial charge in [0.1, 0.15) is 17.0 Å². The Hall–Kier alpha value is -1.97. The van der Waals surface area contributed by atoms with Crippen LogP contribution in [0.4, 0.5) is 5.69 Å².